The summed E-state index contributed by atoms with van der Waals surface area (Å²) in [7, 11) is -4.01. The molecule has 0 aliphatic heterocycles. The number of amides is 1. The second-order valence-corrected chi connectivity index (χ2v) is 9.54. The number of anilines is 2. The summed E-state index contributed by atoms with van der Waals surface area (Å²) in [6.45, 7) is -0.518. The number of hydrogen-bond donors (Lipinski definition) is 1. The van der Waals surface area contributed by atoms with Gasteiger partial charge in [0.1, 0.15) is 16.6 Å². The average Bonchev–Trinajstić information content (AvgIpc) is 3.15. The van der Waals surface area contributed by atoms with Gasteiger partial charge in [0.05, 0.1) is 5.69 Å². The first-order chi connectivity index (χ1) is 13.3. The van der Waals surface area contributed by atoms with Crippen LogP contribution in [0.2, 0.25) is 10.0 Å². The van der Waals surface area contributed by atoms with Crippen molar-refractivity contribution in [1.29, 1.82) is 0 Å². The van der Waals surface area contributed by atoms with Gasteiger partial charge in [0.2, 0.25) is 5.91 Å². The maximum absolute atomic E-state index is 13.3. The molecule has 0 spiro atoms. The topological polar surface area (TPSA) is 66.5 Å². The summed E-state index contributed by atoms with van der Waals surface area (Å²) in [5.74, 6) is -1.13. The van der Waals surface area contributed by atoms with Gasteiger partial charge in [-0.3, -0.25) is 9.10 Å². The van der Waals surface area contributed by atoms with E-state index in [1.54, 1.807) is 11.4 Å². The molecule has 146 valence electrons. The first-order valence-corrected chi connectivity index (χ1v) is 10.9. The maximum Gasteiger partial charge on any atom is 0.274 e. The van der Waals surface area contributed by atoms with E-state index in [1.807, 2.05) is 0 Å². The van der Waals surface area contributed by atoms with Gasteiger partial charge in [-0.15, -0.1) is 11.3 Å². The van der Waals surface area contributed by atoms with Crippen LogP contribution in [0.4, 0.5) is 15.8 Å². The molecule has 0 aliphatic carbocycles. The van der Waals surface area contributed by atoms with E-state index in [1.165, 1.54) is 36.4 Å². The van der Waals surface area contributed by atoms with Crippen molar-refractivity contribution in [2.75, 3.05) is 16.2 Å². The summed E-state index contributed by atoms with van der Waals surface area (Å²) in [5.41, 5.74) is 0.490. The summed E-state index contributed by atoms with van der Waals surface area (Å²) >= 11 is 12.8. The number of carbonyl (C=O) groups is 1. The molecule has 0 saturated carbocycles. The molecule has 1 N–H and O–H groups in total. The van der Waals surface area contributed by atoms with Crippen molar-refractivity contribution in [3.05, 3.63) is 75.8 Å². The molecule has 10 heteroatoms. The highest BCUT2D eigenvalue weighted by atomic mass is 35.5. The number of nitrogens with one attached hydrogen (secondary N) is 1. The number of halogens is 3. The van der Waals surface area contributed by atoms with Gasteiger partial charge in [-0.05, 0) is 53.9 Å². The first-order valence-electron chi connectivity index (χ1n) is 7.83. The SMILES string of the molecule is O=C(CN(c1ccc(F)cc1)S(=O)(=O)c1cccs1)Nc1cc(Cl)cc(Cl)c1. The molecule has 0 unspecified atom stereocenters. The average molecular weight is 459 g/mol. The lowest BCUT2D eigenvalue weighted by Crippen LogP contribution is -2.37. The van der Waals surface area contributed by atoms with Crippen LogP contribution in [0.15, 0.2) is 64.2 Å². The predicted octanol–water partition coefficient (Wildman–Crippen LogP) is 5.03. The second-order valence-electron chi connectivity index (χ2n) is 5.63. The van der Waals surface area contributed by atoms with Crippen molar-refractivity contribution in [3.8, 4) is 0 Å². The molecule has 0 aliphatic rings. The highest BCUT2D eigenvalue weighted by Crippen LogP contribution is 2.27. The summed E-state index contributed by atoms with van der Waals surface area (Å²) in [6.07, 6.45) is 0. The van der Waals surface area contributed by atoms with Gasteiger partial charge in [-0.1, -0.05) is 29.3 Å². The number of thiophene rings is 1. The molecule has 0 atom stereocenters. The fraction of sp³-hybridized carbons (Fsp3) is 0.0556. The third kappa shape index (κ3) is 4.82. The molecule has 28 heavy (non-hydrogen) atoms. The Hall–Kier alpha value is -2.13. The van der Waals surface area contributed by atoms with E-state index in [0.29, 0.717) is 15.7 Å². The lowest BCUT2D eigenvalue weighted by molar-refractivity contribution is -0.114. The van der Waals surface area contributed by atoms with Gasteiger partial charge >= 0.3 is 0 Å². The van der Waals surface area contributed by atoms with Crippen LogP contribution in [0.1, 0.15) is 0 Å². The Balaban J connectivity index is 1.91. The Morgan fingerprint density at radius 2 is 1.71 bits per heavy atom. The van der Waals surface area contributed by atoms with Crippen LogP contribution in [-0.2, 0) is 14.8 Å². The Bertz CT molecular complexity index is 1070. The second kappa shape index (κ2) is 8.48. The summed E-state index contributed by atoms with van der Waals surface area (Å²) in [4.78, 5) is 12.5. The Labute approximate surface area is 175 Å². The van der Waals surface area contributed by atoms with E-state index in [2.05, 4.69) is 5.32 Å². The number of sulfonamides is 1. The molecule has 1 heterocycles. The van der Waals surface area contributed by atoms with Crippen molar-refractivity contribution >= 4 is 61.8 Å². The zero-order valence-electron chi connectivity index (χ0n) is 14.1. The van der Waals surface area contributed by atoms with E-state index < -0.39 is 28.3 Å². The molecule has 3 aromatic rings. The molecule has 0 radical (unpaired) electrons. The van der Waals surface area contributed by atoms with Crippen LogP contribution in [-0.4, -0.2) is 20.9 Å². The molecule has 3 rings (SSSR count). The van der Waals surface area contributed by atoms with E-state index >= 15 is 0 Å². The van der Waals surface area contributed by atoms with E-state index in [9.17, 15) is 17.6 Å². The number of benzene rings is 2. The van der Waals surface area contributed by atoms with E-state index in [-0.39, 0.29) is 9.90 Å². The fourth-order valence-corrected chi connectivity index (χ4v) is 5.45. The minimum absolute atomic E-state index is 0.0652. The largest absolute Gasteiger partial charge is 0.324 e. The Morgan fingerprint density at radius 1 is 1.07 bits per heavy atom. The smallest absolute Gasteiger partial charge is 0.274 e. The van der Waals surface area contributed by atoms with Crippen LogP contribution in [0.25, 0.3) is 0 Å². The molecular weight excluding hydrogens is 446 g/mol. The monoisotopic (exact) mass is 458 g/mol. The number of rotatable bonds is 6. The molecule has 1 amide bonds. The Morgan fingerprint density at radius 3 is 2.29 bits per heavy atom. The fourth-order valence-electron chi connectivity index (χ4n) is 2.40. The highest BCUT2D eigenvalue weighted by molar-refractivity contribution is 7.94. The molecule has 2 aromatic carbocycles. The predicted molar refractivity (Wildman–Crippen MR) is 110 cm³/mol. The van der Waals surface area contributed by atoms with Crippen LogP contribution >= 0.6 is 34.5 Å². The molecule has 1 aromatic heterocycles. The summed E-state index contributed by atoms with van der Waals surface area (Å²) in [5, 5.41) is 4.83. The maximum atomic E-state index is 13.3. The summed E-state index contributed by atoms with van der Waals surface area (Å²) in [6, 6.07) is 12.4. The van der Waals surface area contributed by atoms with Crippen molar-refractivity contribution in [3.63, 3.8) is 0 Å². The van der Waals surface area contributed by atoms with Gasteiger partial charge in [0, 0.05) is 15.7 Å². The van der Waals surface area contributed by atoms with E-state index in [0.717, 1.165) is 27.8 Å². The van der Waals surface area contributed by atoms with Gasteiger partial charge in [-0.2, -0.15) is 0 Å². The zero-order valence-corrected chi connectivity index (χ0v) is 17.2. The quantitative estimate of drug-likeness (QED) is 0.563. The van der Waals surface area contributed by atoms with Crippen LogP contribution in [0, 0.1) is 5.82 Å². The van der Waals surface area contributed by atoms with Crippen molar-refractivity contribution < 1.29 is 17.6 Å². The third-order valence-electron chi connectivity index (χ3n) is 3.59. The van der Waals surface area contributed by atoms with E-state index in [4.69, 9.17) is 23.2 Å². The van der Waals surface area contributed by atoms with Gasteiger partial charge < -0.3 is 5.32 Å². The highest BCUT2D eigenvalue weighted by Gasteiger charge is 2.28. The molecule has 0 fully saturated rings. The van der Waals surface area contributed by atoms with Crippen molar-refractivity contribution in [1.82, 2.24) is 0 Å². The molecular formula is C18H13Cl2FN2O3S2. The minimum Gasteiger partial charge on any atom is -0.324 e. The zero-order chi connectivity index (χ0) is 20.3. The first kappa shape index (κ1) is 20.6. The minimum atomic E-state index is -4.01. The lowest BCUT2D eigenvalue weighted by Gasteiger charge is -2.23. The third-order valence-corrected chi connectivity index (χ3v) is 7.17. The van der Waals surface area contributed by atoms with Gasteiger partial charge in [0.15, 0.2) is 0 Å². The number of carbonyl (C=O) groups excluding carboxylic acids is 1. The Kier molecular flexibility index (Phi) is 6.24. The van der Waals surface area contributed by atoms with Crippen LogP contribution < -0.4 is 9.62 Å². The number of hydrogen-bond acceptors (Lipinski definition) is 4. The van der Waals surface area contributed by atoms with Crippen molar-refractivity contribution in [2.24, 2.45) is 0 Å². The lowest BCUT2D eigenvalue weighted by atomic mass is 10.3. The van der Waals surface area contributed by atoms with Crippen LogP contribution in [0.3, 0.4) is 0 Å². The standard InChI is InChI=1S/C18H13Cl2FN2O3S2/c19-12-8-13(20)10-15(9-12)22-17(24)11-23(16-5-3-14(21)4-6-16)28(25,26)18-2-1-7-27-18/h1-10H,11H2,(H,22,24). The molecule has 0 bridgehead atoms. The van der Waals surface area contributed by atoms with Crippen molar-refractivity contribution in [2.45, 2.75) is 4.21 Å². The summed E-state index contributed by atoms with van der Waals surface area (Å²) < 4.78 is 40.2. The number of nitrogens with zero attached hydrogens (tertiary/aromatic N) is 1. The molecule has 5 nitrogen and oxygen atoms in total. The normalized spacial score (nSPS) is 11.2. The molecule has 0 saturated heterocycles. The van der Waals surface area contributed by atoms with Gasteiger partial charge in [-0.25, -0.2) is 12.8 Å². The van der Waals surface area contributed by atoms with Gasteiger partial charge in [0.25, 0.3) is 10.0 Å². The van der Waals surface area contributed by atoms with Crippen LogP contribution in [0.5, 0.6) is 0 Å².